The van der Waals surface area contributed by atoms with E-state index in [9.17, 15) is 0 Å². The molecule has 0 radical (unpaired) electrons. The van der Waals surface area contributed by atoms with Gasteiger partial charge in [0.1, 0.15) is 0 Å². The maximum Gasteiger partial charge on any atom is 0.0900 e. The van der Waals surface area contributed by atoms with E-state index in [1.54, 1.807) is 6.20 Å². The van der Waals surface area contributed by atoms with E-state index >= 15 is 0 Å². The van der Waals surface area contributed by atoms with E-state index in [-0.39, 0.29) is 0 Å². The topological polar surface area (TPSA) is 25.8 Å². The predicted octanol–water partition coefficient (Wildman–Crippen LogP) is 5.62. The first-order valence-corrected chi connectivity index (χ1v) is 7.76. The van der Waals surface area contributed by atoms with Gasteiger partial charge in [0.15, 0.2) is 0 Å². The second-order valence-corrected chi connectivity index (χ2v) is 5.73. The Labute approximate surface area is 139 Å². The van der Waals surface area contributed by atoms with E-state index in [4.69, 9.17) is 16.6 Å². The number of benzene rings is 2. The number of hydrogen-bond donors (Lipinski definition) is 0. The minimum absolute atomic E-state index is 0.683. The van der Waals surface area contributed by atoms with Crippen LogP contribution in [0.2, 0.25) is 5.02 Å². The van der Waals surface area contributed by atoms with E-state index in [0.717, 1.165) is 33.4 Å². The summed E-state index contributed by atoms with van der Waals surface area (Å²) in [5.74, 6) is 0. The summed E-state index contributed by atoms with van der Waals surface area (Å²) in [6.45, 7) is 0. The third kappa shape index (κ3) is 2.69. The summed E-state index contributed by atoms with van der Waals surface area (Å²) < 4.78 is 0. The standard InChI is InChI=1S/C20H13ClN2/c21-15-9-10-16-17(14-6-2-1-3-7-14)13-20(23-19(16)12-15)18-8-4-5-11-22-18/h1-13H. The number of pyridine rings is 2. The molecular weight excluding hydrogens is 304 g/mol. The smallest absolute Gasteiger partial charge is 0.0900 e. The summed E-state index contributed by atoms with van der Waals surface area (Å²) in [7, 11) is 0. The van der Waals surface area contributed by atoms with Gasteiger partial charge in [-0.15, -0.1) is 0 Å². The molecule has 0 atom stereocenters. The van der Waals surface area contributed by atoms with Crippen molar-refractivity contribution in [2.75, 3.05) is 0 Å². The Morgan fingerprint density at radius 2 is 1.57 bits per heavy atom. The van der Waals surface area contributed by atoms with Gasteiger partial charge in [0, 0.05) is 16.6 Å². The zero-order chi connectivity index (χ0) is 15.6. The van der Waals surface area contributed by atoms with Gasteiger partial charge in [-0.1, -0.05) is 54.1 Å². The molecule has 4 aromatic rings. The molecule has 0 unspecified atom stereocenters. The van der Waals surface area contributed by atoms with Crippen LogP contribution in [0.1, 0.15) is 0 Å². The Balaban J connectivity index is 2.03. The summed E-state index contributed by atoms with van der Waals surface area (Å²) in [5, 5.41) is 1.77. The van der Waals surface area contributed by atoms with Gasteiger partial charge in [-0.2, -0.15) is 0 Å². The largest absolute Gasteiger partial charge is 0.255 e. The lowest BCUT2D eigenvalue weighted by Crippen LogP contribution is -1.91. The van der Waals surface area contributed by atoms with Gasteiger partial charge in [0.05, 0.1) is 16.9 Å². The maximum atomic E-state index is 6.16. The zero-order valence-corrected chi connectivity index (χ0v) is 13.0. The molecule has 0 aliphatic heterocycles. The second-order valence-electron chi connectivity index (χ2n) is 5.30. The molecule has 0 amide bonds. The van der Waals surface area contributed by atoms with Crippen molar-refractivity contribution < 1.29 is 0 Å². The Morgan fingerprint density at radius 3 is 2.35 bits per heavy atom. The summed E-state index contributed by atoms with van der Waals surface area (Å²) in [5.41, 5.74) is 4.86. The van der Waals surface area contributed by atoms with Crippen molar-refractivity contribution >= 4 is 22.5 Å². The number of nitrogens with zero attached hydrogens (tertiary/aromatic N) is 2. The Bertz CT molecular complexity index is 967. The van der Waals surface area contributed by atoms with Crippen molar-refractivity contribution in [1.29, 1.82) is 0 Å². The van der Waals surface area contributed by atoms with Crippen LogP contribution in [0.5, 0.6) is 0 Å². The lowest BCUT2D eigenvalue weighted by Gasteiger charge is -2.10. The number of rotatable bonds is 2. The Kier molecular flexibility index (Phi) is 3.52. The molecular formula is C20H13ClN2. The quantitative estimate of drug-likeness (QED) is 0.480. The molecule has 110 valence electrons. The van der Waals surface area contributed by atoms with E-state index in [1.165, 1.54) is 0 Å². The fourth-order valence-electron chi connectivity index (χ4n) is 2.70. The molecule has 0 aliphatic rings. The maximum absolute atomic E-state index is 6.16. The molecule has 0 saturated heterocycles. The Hall–Kier alpha value is -2.71. The van der Waals surface area contributed by atoms with Crippen LogP contribution >= 0.6 is 11.6 Å². The fraction of sp³-hybridized carbons (Fsp3) is 0. The van der Waals surface area contributed by atoms with Crippen LogP contribution in [0.25, 0.3) is 33.4 Å². The van der Waals surface area contributed by atoms with Gasteiger partial charge >= 0.3 is 0 Å². The van der Waals surface area contributed by atoms with Crippen molar-refractivity contribution in [3.8, 4) is 22.5 Å². The molecule has 2 aromatic carbocycles. The van der Waals surface area contributed by atoms with Crippen LogP contribution in [0.4, 0.5) is 0 Å². The molecule has 0 bridgehead atoms. The van der Waals surface area contributed by atoms with Crippen molar-refractivity contribution in [1.82, 2.24) is 9.97 Å². The second kappa shape index (κ2) is 5.82. The third-order valence-electron chi connectivity index (χ3n) is 3.78. The van der Waals surface area contributed by atoms with Gasteiger partial charge in [-0.25, -0.2) is 4.98 Å². The van der Waals surface area contributed by atoms with Crippen LogP contribution in [-0.2, 0) is 0 Å². The molecule has 0 N–H and O–H groups in total. The first-order valence-electron chi connectivity index (χ1n) is 7.38. The molecule has 0 saturated carbocycles. The number of fused-ring (bicyclic) bond motifs is 1. The van der Waals surface area contributed by atoms with E-state index < -0.39 is 0 Å². The summed E-state index contributed by atoms with van der Waals surface area (Å²) in [4.78, 5) is 9.16. The number of halogens is 1. The minimum atomic E-state index is 0.683. The molecule has 2 aromatic heterocycles. The first kappa shape index (κ1) is 13.9. The zero-order valence-electron chi connectivity index (χ0n) is 12.3. The van der Waals surface area contributed by atoms with Crippen LogP contribution < -0.4 is 0 Å². The van der Waals surface area contributed by atoms with Crippen LogP contribution in [-0.4, -0.2) is 9.97 Å². The molecule has 3 heteroatoms. The third-order valence-corrected chi connectivity index (χ3v) is 4.02. The molecule has 2 nitrogen and oxygen atoms in total. The molecule has 23 heavy (non-hydrogen) atoms. The van der Waals surface area contributed by atoms with Gasteiger partial charge < -0.3 is 0 Å². The minimum Gasteiger partial charge on any atom is -0.255 e. The van der Waals surface area contributed by atoms with Gasteiger partial charge in [-0.3, -0.25) is 4.98 Å². The Morgan fingerprint density at radius 1 is 0.739 bits per heavy atom. The molecule has 0 fully saturated rings. The monoisotopic (exact) mass is 316 g/mol. The van der Waals surface area contributed by atoms with E-state index in [2.05, 4.69) is 23.2 Å². The van der Waals surface area contributed by atoms with Crippen molar-refractivity contribution in [3.05, 3.63) is 84.0 Å². The van der Waals surface area contributed by atoms with Crippen LogP contribution in [0.15, 0.2) is 79.0 Å². The van der Waals surface area contributed by atoms with Crippen molar-refractivity contribution in [2.45, 2.75) is 0 Å². The van der Waals surface area contributed by atoms with Crippen molar-refractivity contribution in [3.63, 3.8) is 0 Å². The van der Waals surface area contributed by atoms with Gasteiger partial charge in [0.25, 0.3) is 0 Å². The number of aromatic nitrogens is 2. The summed E-state index contributed by atoms with van der Waals surface area (Å²) in [6, 6.07) is 24.1. The number of hydrogen-bond acceptors (Lipinski definition) is 2. The summed E-state index contributed by atoms with van der Waals surface area (Å²) >= 11 is 6.16. The lowest BCUT2D eigenvalue weighted by atomic mass is 9.99. The first-order chi connectivity index (χ1) is 11.3. The summed E-state index contributed by atoms with van der Waals surface area (Å²) in [6.07, 6.45) is 1.78. The van der Waals surface area contributed by atoms with Crippen molar-refractivity contribution in [2.24, 2.45) is 0 Å². The van der Waals surface area contributed by atoms with Gasteiger partial charge in [-0.05, 0) is 41.5 Å². The molecule has 0 spiro atoms. The van der Waals surface area contributed by atoms with Crippen LogP contribution in [0, 0.1) is 0 Å². The average Bonchev–Trinajstić information content (AvgIpc) is 2.62. The highest BCUT2D eigenvalue weighted by molar-refractivity contribution is 6.31. The van der Waals surface area contributed by atoms with Gasteiger partial charge in [0.2, 0.25) is 0 Å². The highest BCUT2D eigenvalue weighted by Crippen LogP contribution is 2.32. The lowest BCUT2D eigenvalue weighted by molar-refractivity contribution is 1.28. The predicted molar refractivity (Wildman–Crippen MR) is 95.4 cm³/mol. The molecule has 2 heterocycles. The van der Waals surface area contributed by atoms with E-state index in [1.807, 2.05) is 54.6 Å². The average molecular weight is 317 g/mol. The van der Waals surface area contributed by atoms with E-state index in [0.29, 0.717) is 5.02 Å². The van der Waals surface area contributed by atoms with Crippen LogP contribution in [0.3, 0.4) is 0 Å². The molecule has 4 rings (SSSR count). The fourth-order valence-corrected chi connectivity index (χ4v) is 2.87. The molecule has 0 aliphatic carbocycles. The highest BCUT2D eigenvalue weighted by Gasteiger charge is 2.10. The highest BCUT2D eigenvalue weighted by atomic mass is 35.5. The normalized spacial score (nSPS) is 10.8. The SMILES string of the molecule is Clc1ccc2c(-c3ccccc3)cc(-c3ccccn3)nc2c1.